The van der Waals surface area contributed by atoms with Crippen LogP contribution >= 0.6 is 0 Å². The van der Waals surface area contributed by atoms with Gasteiger partial charge in [-0.3, -0.25) is 4.90 Å². The highest BCUT2D eigenvalue weighted by Crippen LogP contribution is 2.23. The first-order valence-electron chi connectivity index (χ1n) is 12.3. The van der Waals surface area contributed by atoms with Crippen molar-refractivity contribution in [2.45, 2.75) is 23.8 Å². The lowest BCUT2D eigenvalue weighted by atomic mass is 10.2. The summed E-state index contributed by atoms with van der Waals surface area (Å²) in [4.78, 5) is 7.14. The van der Waals surface area contributed by atoms with Crippen LogP contribution in [-0.4, -0.2) is 107 Å². The van der Waals surface area contributed by atoms with Gasteiger partial charge in [0.25, 0.3) is 0 Å². The lowest BCUT2D eigenvalue weighted by Crippen LogP contribution is -2.49. The van der Waals surface area contributed by atoms with Gasteiger partial charge in [0.1, 0.15) is 5.75 Å². The fraction of sp³-hybridized carbons (Fsp3) is 0.583. The molecule has 10 nitrogen and oxygen atoms in total. The van der Waals surface area contributed by atoms with E-state index in [1.807, 2.05) is 12.1 Å². The summed E-state index contributed by atoms with van der Waals surface area (Å²) in [5, 5.41) is 8.95. The Hall–Kier alpha value is -2.47. The molecule has 190 valence electrons. The highest BCUT2D eigenvalue weighted by atomic mass is 32.2. The maximum atomic E-state index is 13.0. The molecule has 35 heavy (non-hydrogen) atoms. The Morgan fingerprint density at radius 1 is 0.886 bits per heavy atom. The van der Waals surface area contributed by atoms with E-state index in [0.29, 0.717) is 38.0 Å². The standard InChI is InChI=1S/C24H34N6O4S/c1-33-20-4-6-22(7-5-20)35(31,32)30-16-14-29(15-17-30)24-9-8-23(25-26-24)28-12-10-27(11-13-28)19-21-3-2-18-34-21/h4-9,21H,2-3,10-19H2,1H3. The minimum atomic E-state index is -3.53. The summed E-state index contributed by atoms with van der Waals surface area (Å²) in [6.07, 6.45) is 2.75. The van der Waals surface area contributed by atoms with Crippen LogP contribution in [0.2, 0.25) is 0 Å². The van der Waals surface area contributed by atoms with E-state index < -0.39 is 10.0 Å². The number of nitrogens with zero attached hydrogens (tertiary/aromatic N) is 6. The highest BCUT2D eigenvalue weighted by molar-refractivity contribution is 7.89. The van der Waals surface area contributed by atoms with Crippen molar-refractivity contribution in [3.05, 3.63) is 36.4 Å². The molecular weight excluding hydrogens is 468 g/mol. The average Bonchev–Trinajstić information content (AvgIpc) is 3.42. The quantitative estimate of drug-likeness (QED) is 0.556. The summed E-state index contributed by atoms with van der Waals surface area (Å²) < 4.78 is 38.4. The molecule has 2 aromatic rings. The van der Waals surface area contributed by atoms with Crippen LogP contribution in [0.3, 0.4) is 0 Å². The fourth-order valence-electron chi connectivity index (χ4n) is 4.95. The Kier molecular flexibility index (Phi) is 7.37. The molecule has 3 aliphatic heterocycles. The lowest BCUT2D eigenvalue weighted by molar-refractivity contribution is 0.0712. The van der Waals surface area contributed by atoms with E-state index in [9.17, 15) is 8.42 Å². The Labute approximate surface area is 207 Å². The smallest absolute Gasteiger partial charge is 0.243 e. The molecule has 0 radical (unpaired) electrons. The van der Waals surface area contributed by atoms with E-state index in [4.69, 9.17) is 9.47 Å². The summed E-state index contributed by atoms with van der Waals surface area (Å²) in [5.41, 5.74) is 0. The highest BCUT2D eigenvalue weighted by Gasteiger charge is 2.29. The third-order valence-corrected chi connectivity index (χ3v) is 8.99. The van der Waals surface area contributed by atoms with Crippen molar-refractivity contribution in [3.63, 3.8) is 0 Å². The number of hydrogen-bond acceptors (Lipinski definition) is 9. The van der Waals surface area contributed by atoms with Gasteiger partial charge in [0.2, 0.25) is 10.0 Å². The molecule has 4 heterocycles. The molecule has 5 rings (SSSR count). The molecule has 0 saturated carbocycles. The summed E-state index contributed by atoms with van der Waals surface area (Å²) in [5.74, 6) is 2.31. The third-order valence-electron chi connectivity index (χ3n) is 7.08. The molecule has 3 aliphatic rings. The Bertz CT molecular complexity index is 1060. The van der Waals surface area contributed by atoms with Crippen molar-refractivity contribution in [2.24, 2.45) is 0 Å². The molecule has 3 fully saturated rings. The fourth-order valence-corrected chi connectivity index (χ4v) is 6.37. The third kappa shape index (κ3) is 5.53. The van der Waals surface area contributed by atoms with Crippen LogP contribution in [0, 0.1) is 0 Å². The second kappa shape index (κ2) is 10.7. The minimum absolute atomic E-state index is 0.284. The van der Waals surface area contributed by atoms with E-state index in [1.54, 1.807) is 31.4 Å². The Morgan fingerprint density at radius 3 is 2.00 bits per heavy atom. The van der Waals surface area contributed by atoms with Gasteiger partial charge < -0.3 is 19.3 Å². The normalized spacial score (nSPS) is 22.5. The largest absolute Gasteiger partial charge is 0.497 e. The first-order valence-corrected chi connectivity index (χ1v) is 13.8. The first kappa shape index (κ1) is 24.2. The molecule has 1 aromatic heterocycles. The van der Waals surface area contributed by atoms with Crippen LogP contribution in [-0.2, 0) is 14.8 Å². The van der Waals surface area contributed by atoms with Crippen LogP contribution in [0.5, 0.6) is 5.75 Å². The van der Waals surface area contributed by atoms with E-state index >= 15 is 0 Å². The van der Waals surface area contributed by atoms with Crippen LogP contribution in [0.15, 0.2) is 41.3 Å². The van der Waals surface area contributed by atoms with Gasteiger partial charge in [-0.1, -0.05) is 0 Å². The number of ether oxygens (including phenoxy) is 2. The molecule has 1 aromatic carbocycles. The summed E-state index contributed by atoms with van der Waals surface area (Å²) in [6, 6.07) is 10.5. The average molecular weight is 503 g/mol. The predicted molar refractivity (Wildman–Crippen MR) is 134 cm³/mol. The van der Waals surface area contributed by atoms with Crippen molar-refractivity contribution in [3.8, 4) is 5.75 Å². The van der Waals surface area contributed by atoms with E-state index in [2.05, 4.69) is 24.9 Å². The zero-order chi connectivity index (χ0) is 24.3. The molecule has 1 atom stereocenters. The van der Waals surface area contributed by atoms with Crippen LogP contribution in [0.1, 0.15) is 12.8 Å². The van der Waals surface area contributed by atoms with Gasteiger partial charge in [-0.05, 0) is 49.2 Å². The van der Waals surface area contributed by atoms with Crippen molar-refractivity contribution in [1.29, 1.82) is 0 Å². The molecule has 0 amide bonds. The lowest BCUT2D eigenvalue weighted by Gasteiger charge is -2.36. The summed E-state index contributed by atoms with van der Waals surface area (Å²) in [7, 11) is -1.97. The van der Waals surface area contributed by atoms with Gasteiger partial charge in [-0.25, -0.2) is 8.42 Å². The van der Waals surface area contributed by atoms with E-state index in [0.717, 1.165) is 51.0 Å². The Balaban J connectivity index is 1.12. The SMILES string of the molecule is COc1ccc(S(=O)(=O)N2CCN(c3ccc(N4CCN(CC5CCCO5)CC4)nn3)CC2)cc1. The maximum absolute atomic E-state index is 13.0. The molecule has 3 saturated heterocycles. The molecule has 0 N–H and O–H groups in total. The van der Waals surface area contributed by atoms with Gasteiger partial charge >= 0.3 is 0 Å². The topological polar surface area (TPSA) is 91.3 Å². The van der Waals surface area contributed by atoms with E-state index in [1.165, 1.54) is 17.1 Å². The van der Waals surface area contributed by atoms with Crippen molar-refractivity contribution < 1.29 is 17.9 Å². The first-order chi connectivity index (χ1) is 17.0. The number of piperazine rings is 2. The molecular formula is C24H34N6O4S. The zero-order valence-electron chi connectivity index (χ0n) is 20.3. The minimum Gasteiger partial charge on any atom is -0.497 e. The Morgan fingerprint density at radius 2 is 1.49 bits per heavy atom. The second-order valence-corrected chi connectivity index (χ2v) is 11.2. The maximum Gasteiger partial charge on any atom is 0.243 e. The van der Waals surface area contributed by atoms with Gasteiger partial charge in [0.05, 0.1) is 18.1 Å². The summed E-state index contributed by atoms with van der Waals surface area (Å²) >= 11 is 0. The number of sulfonamides is 1. The number of methoxy groups -OCH3 is 1. The number of hydrogen-bond donors (Lipinski definition) is 0. The van der Waals surface area contributed by atoms with Gasteiger partial charge in [-0.15, -0.1) is 10.2 Å². The molecule has 0 bridgehead atoms. The number of aromatic nitrogens is 2. The van der Waals surface area contributed by atoms with Crippen LogP contribution in [0.4, 0.5) is 11.6 Å². The molecule has 11 heteroatoms. The van der Waals surface area contributed by atoms with Gasteiger partial charge in [-0.2, -0.15) is 4.31 Å². The van der Waals surface area contributed by atoms with Gasteiger partial charge in [0, 0.05) is 65.5 Å². The number of anilines is 2. The molecule has 1 unspecified atom stereocenters. The molecule has 0 spiro atoms. The van der Waals surface area contributed by atoms with Crippen molar-refractivity contribution in [1.82, 2.24) is 19.4 Å². The summed E-state index contributed by atoms with van der Waals surface area (Å²) in [6.45, 7) is 7.78. The van der Waals surface area contributed by atoms with Gasteiger partial charge in [0.15, 0.2) is 11.6 Å². The number of benzene rings is 1. The number of rotatable bonds is 7. The molecule has 0 aliphatic carbocycles. The second-order valence-electron chi connectivity index (χ2n) is 9.24. The van der Waals surface area contributed by atoms with Crippen LogP contribution in [0.25, 0.3) is 0 Å². The van der Waals surface area contributed by atoms with Crippen molar-refractivity contribution in [2.75, 3.05) is 82.4 Å². The van der Waals surface area contributed by atoms with E-state index in [-0.39, 0.29) is 4.90 Å². The zero-order valence-corrected chi connectivity index (χ0v) is 21.1. The van der Waals surface area contributed by atoms with Crippen molar-refractivity contribution >= 4 is 21.7 Å². The monoisotopic (exact) mass is 502 g/mol. The predicted octanol–water partition coefficient (Wildman–Crippen LogP) is 1.30. The van der Waals surface area contributed by atoms with Crippen LogP contribution < -0.4 is 14.5 Å².